The molecule has 3 aliphatic rings. The molecule has 0 aromatic carbocycles. The summed E-state index contributed by atoms with van der Waals surface area (Å²) in [5.41, 5.74) is 2.05. The molecule has 2 atom stereocenters. The van der Waals surface area contributed by atoms with Crippen LogP contribution in [0.4, 0.5) is 11.5 Å². The number of hydrogen-bond acceptors (Lipinski definition) is 7. The van der Waals surface area contributed by atoms with Gasteiger partial charge >= 0.3 is 0 Å². The molecule has 0 aliphatic carbocycles. The van der Waals surface area contributed by atoms with Crippen LogP contribution in [-0.4, -0.2) is 41.0 Å². The molecule has 1 amide bonds. The minimum absolute atomic E-state index is 0.149. The zero-order valence-corrected chi connectivity index (χ0v) is 17.0. The highest BCUT2D eigenvalue weighted by Crippen LogP contribution is 2.32. The number of fused-ring (bicyclic) bond motifs is 4. The van der Waals surface area contributed by atoms with Crippen molar-refractivity contribution in [3.05, 3.63) is 32.4 Å². The number of halogens is 1. The van der Waals surface area contributed by atoms with Crippen LogP contribution in [0.3, 0.4) is 0 Å². The van der Waals surface area contributed by atoms with Crippen LogP contribution in [0.25, 0.3) is 10.3 Å². The Morgan fingerprint density at radius 3 is 3.00 bits per heavy atom. The molecule has 1 unspecified atom stereocenters. The Hall–Kier alpha value is -1.55. The highest BCUT2D eigenvalue weighted by molar-refractivity contribution is 9.11. The van der Waals surface area contributed by atoms with Gasteiger partial charge in [-0.1, -0.05) is 0 Å². The molecular weight excluding hydrogens is 434 g/mol. The molecule has 9 heteroatoms. The lowest BCUT2D eigenvalue weighted by Crippen LogP contribution is -2.61. The van der Waals surface area contributed by atoms with Crippen LogP contribution in [0, 0.1) is 0 Å². The molecule has 26 heavy (non-hydrogen) atoms. The molecule has 0 spiro atoms. The first-order valence-corrected chi connectivity index (χ1v) is 11.0. The molecule has 3 aliphatic heterocycles. The Kier molecular flexibility index (Phi) is 4.19. The van der Waals surface area contributed by atoms with Crippen molar-refractivity contribution in [3.63, 3.8) is 0 Å². The van der Waals surface area contributed by atoms with Gasteiger partial charge in [0.15, 0.2) is 0 Å². The first-order valence-electron chi connectivity index (χ1n) is 8.47. The van der Waals surface area contributed by atoms with Crippen LogP contribution < -0.4 is 15.5 Å². The number of carbonyl (C=O) groups excluding carboxylic acids is 1. The van der Waals surface area contributed by atoms with Crippen LogP contribution in [-0.2, 0) is 0 Å². The van der Waals surface area contributed by atoms with E-state index in [0.717, 1.165) is 33.2 Å². The van der Waals surface area contributed by atoms with Gasteiger partial charge in [-0.2, -0.15) is 0 Å². The fourth-order valence-electron chi connectivity index (χ4n) is 3.66. The predicted molar refractivity (Wildman–Crippen MR) is 110 cm³/mol. The average Bonchev–Trinajstić information content (AvgIpc) is 3.28. The lowest BCUT2D eigenvalue weighted by molar-refractivity contribution is 0.102. The fourth-order valence-corrected chi connectivity index (χ4v) is 5.61. The summed E-state index contributed by atoms with van der Waals surface area (Å²) >= 11 is 6.45. The maximum absolute atomic E-state index is 12.7. The van der Waals surface area contributed by atoms with Crippen molar-refractivity contribution < 1.29 is 4.79 Å². The van der Waals surface area contributed by atoms with Crippen molar-refractivity contribution in [2.24, 2.45) is 0 Å². The third-order valence-corrected chi connectivity index (χ3v) is 7.59. The lowest BCUT2D eigenvalue weighted by atomic mass is 9.93. The van der Waals surface area contributed by atoms with Gasteiger partial charge in [0.05, 0.1) is 21.2 Å². The van der Waals surface area contributed by atoms with E-state index in [1.807, 2.05) is 23.0 Å². The smallest absolute Gasteiger partial charge is 0.258 e. The number of anilines is 2. The molecule has 2 N–H and O–H groups in total. The monoisotopic (exact) mass is 449 g/mol. The minimum atomic E-state index is -0.149. The average molecular weight is 450 g/mol. The van der Waals surface area contributed by atoms with Crippen LogP contribution in [0.5, 0.6) is 0 Å². The van der Waals surface area contributed by atoms with Crippen molar-refractivity contribution >= 4 is 66.4 Å². The van der Waals surface area contributed by atoms with E-state index in [9.17, 15) is 4.79 Å². The maximum atomic E-state index is 12.7. The summed E-state index contributed by atoms with van der Waals surface area (Å²) in [6, 6.07) is 2.87. The molecular formula is C17H16BrN5OS2. The van der Waals surface area contributed by atoms with E-state index in [4.69, 9.17) is 4.98 Å². The topological polar surface area (TPSA) is 70.2 Å². The van der Waals surface area contributed by atoms with Gasteiger partial charge < -0.3 is 15.5 Å². The number of nitrogens with zero attached hydrogens (tertiary/aromatic N) is 3. The maximum Gasteiger partial charge on any atom is 0.258 e. The summed E-state index contributed by atoms with van der Waals surface area (Å²) in [5.74, 6) is 0.724. The Morgan fingerprint density at radius 2 is 2.31 bits per heavy atom. The van der Waals surface area contributed by atoms with Gasteiger partial charge in [-0.15, -0.1) is 22.7 Å². The molecule has 3 aromatic heterocycles. The van der Waals surface area contributed by atoms with Crippen LogP contribution >= 0.6 is 38.6 Å². The number of amides is 1. The summed E-state index contributed by atoms with van der Waals surface area (Å²) in [4.78, 5) is 25.3. The van der Waals surface area contributed by atoms with E-state index in [-0.39, 0.29) is 5.91 Å². The van der Waals surface area contributed by atoms with Crippen molar-refractivity contribution in [1.29, 1.82) is 0 Å². The van der Waals surface area contributed by atoms with E-state index in [1.165, 1.54) is 35.5 Å². The van der Waals surface area contributed by atoms with Gasteiger partial charge in [-0.05, 0) is 40.2 Å². The SMILES string of the molecule is O=C(Nc1ccsc1Br)c1csc2ncc(N3CC4CC[C@@H]3CN4)nc12. The Labute approximate surface area is 166 Å². The molecule has 0 saturated carbocycles. The van der Waals surface area contributed by atoms with Crippen molar-refractivity contribution in [2.75, 3.05) is 23.3 Å². The normalized spacial score (nSPS) is 22.1. The van der Waals surface area contributed by atoms with Crippen molar-refractivity contribution in [2.45, 2.75) is 24.9 Å². The second-order valence-electron chi connectivity index (χ2n) is 6.58. The summed E-state index contributed by atoms with van der Waals surface area (Å²) in [5, 5.41) is 10.3. The number of thiophene rings is 2. The fraction of sp³-hybridized carbons (Fsp3) is 0.353. The lowest BCUT2D eigenvalue weighted by Gasteiger charge is -2.46. The third-order valence-electron chi connectivity index (χ3n) is 5.02. The van der Waals surface area contributed by atoms with Crippen LogP contribution in [0.2, 0.25) is 0 Å². The second-order valence-corrected chi connectivity index (χ2v) is 9.67. The number of piperazine rings is 1. The standard InChI is InChI=1S/C17H16BrN5OS2/c18-15-12(3-4-25-15)21-16(24)11-8-26-17-14(11)22-13(6-20-17)23-7-9-1-2-10(23)5-19-9/h3-4,6,8-10,19H,1-2,5,7H2,(H,21,24)/t9?,10-/m1/s1. The van der Waals surface area contributed by atoms with E-state index in [0.29, 0.717) is 23.2 Å². The molecule has 2 bridgehead atoms. The quantitative estimate of drug-likeness (QED) is 0.637. The minimum Gasteiger partial charge on any atom is -0.349 e. The Bertz CT molecular complexity index is 979. The van der Waals surface area contributed by atoms with E-state index in [2.05, 4.69) is 36.4 Å². The number of aromatic nitrogens is 2. The van der Waals surface area contributed by atoms with Gasteiger partial charge in [0.1, 0.15) is 16.2 Å². The van der Waals surface area contributed by atoms with E-state index < -0.39 is 0 Å². The number of carbonyl (C=O) groups is 1. The van der Waals surface area contributed by atoms with Crippen molar-refractivity contribution in [1.82, 2.24) is 15.3 Å². The molecule has 6 rings (SSSR count). The van der Waals surface area contributed by atoms with Crippen LogP contribution in [0.15, 0.2) is 26.8 Å². The summed E-state index contributed by atoms with van der Waals surface area (Å²) in [6.45, 7) is 1.95. The van der Waals surface area contributed by atoms with Gasteiger partial charge in [0.2, 0.25) is 0 Å². The summed E-state index contributed by atoms with van der Waals surface area (Å²) < 4.78 is 0.911. The Morgan fingerprint density at radius 1 is 1.38 bits per heavy atom. The number of piperidine rings is 2. The number of rotatable bonds is 3. The van der Waals surface area contributed by atoms with E-state index in [1.54, 1.807) is 0 Å². The molecule has 3 aromatic rings. The van der Waals surface area contributed by atoms with Gasteiger partial charge in [-0.25, -0.2) is 9.97 Å². The zero-order valence-electron chi connectivity index (χ0n) is 13.7. The molecule has 0 radical (unpaired) electrons. The Balaban J connectivity index is 1.47. The van der Waals surface area contributed by atoms with E-state index >= 15 is 0 Å². The van der Waals surface area contributed by atoms with Gasteiger partial charge in [0.25, 0.3) is 5.91 Å². The molecule has 6 heterocycles. The van der Waals surface area contributed by atoms with Crippen molar-refractivity contribution in [3.8, 4) is 0 Å². The van der Waals surface area contributed by atoms with Gasteiger partial charge in [0, 0.05) is 30.6 Å². The van der Waals surface area contributed by atoms with Crippen LogP contribution in [0.1, 0.15) is 23.2 Å². The number of nitrogens with one attached hydrogen (secondary N) is 2. The first-order chi connectivity index (χ1) is 12.7. The molecule has 3 fully saturated rings. The first kappa shape index (κ1) is 16.6. The highest BCUT2D eigenvalue weighted by atomic mass is 79.9. The predicted octanol–water partition coefficient (Wildman–Crippen LogP) is 3.71. The molecule has 6 nitrogen and oxygen atoms in total. The highest BCUT2D eigenvalue weighted by Gasteiger charge is 2.34. The third kappa shape index (κ3) is 2.83. The number of hydrogen-bond donors (Lipinski definition) is 2. The summed E-state index contributed by atoms with van der Waals surface area (Å²) in [7, 11) is 0. The molecule has 134 valence electrons. The zero-order chi connectivity index (χ0) is 17.7. The van der Waals surface area contributed by atoms with Gasteiger partial charge in [-0.3, -0.25) is 4.79 Å². The second kappa shape index (κ2) is 6.56. The largest absolute Gasteiger partial charge is 0.349 e. The molecule has 3 saturated heterocycles. The summed E-state index contributed by atoms with van der Waals surface area (Å²) in [6.07, 6.45) is 4.25.